The molecule has 8 nitrogen and oxygen atoms in total. The minimum Gasteiger partial charge on any atom is -0.452 e. The highest BCUT2D eigenvalue weighted by molar-refractivity contribution is 7.90. The third-order valence-electron chi connectivity index (χ3n) is 2.18. The van der Waals surface area contributed by atoms with Gasteiger partial charge in [-0.1, -0.05) is 11.6 Å². The Morgan fingerprint density at radius 2 is 1.95 bits per heavy atom. The maximum Gasteiger partial charge on any atom is 0.340 e. The average Bonchev–Trinajstić information content (AvgIpc) is 2.34. The minimum absolute atomic E-state index is 0.0392. The number of imide groups is 1. The summed E-state index contributed by atoms with van der Waals surface area (Å²) in [7, 11) is -3.53. The van der Waals surface area contributed by atoms with Gasteiger partial charge in [0.25, 0.3) is 5.91 Å². The van der Waals surface area contributed by atoms with Crippen LogP contribution < -0.4 is 11.1 Å². The van der Waals surface area contributed by atoms with Crippen molar-refractivity contribution in [3.8, 4) is 0 Å². The fourth-order valence-electron chi connectivity index (χ4n) is 1.27. The van der Waals surface area contributed by atoms with E-state index in [1.807, 2.05) is 0 Å². The first-order valence-corrected chi connectivity index (χ1v) is 7.64. The number of esters is 1. The lowest BCUT2D eigenvalue weighted by Gasteiger charge is -2.07. The normalized spacial score (nSPS) is 10.8. The first kappa shape index (κ1) is 16.9. The summed E-state index contributed by atoms with van der Waals surface area (Å²) in [5.41, 5.74) is 4.49. The van der Waals surface area contributed by atoms with Crippen LogP contribution in [0.5, 0.6) is 0 Å². The second-order valence-electron chi connectivity index (χ2n) is 3.90. The van der Waals surface area contributed by atoms with Crippen molar-refractivity contribution in [3.63, 3.8) is 0 Å². The molecule has 10 heteroatoms. The molecule has 114 valence electrons. The molecule has 0 heterocycles. The number of primary amides is 1. The molecule has 21 heavy (non-hydrogen) atoms. The van der Waals surface area contributed by atoms with Crippen molar-refractivity contribution in [1.82, 2.24) is 5.32 Å². The molecule has 0 atom stereocenters. The van der Waals surface area contributed by atoms with Crippen molar-refractivity contribution in [2.45, 2.75) is 4.90 Å². The first-order chi connectivity index (χ1) is 9.61. The molecule has 0 aliphatic rings. The highest BCUT2D eigenvalue weighted by atomic mass is 35.5. The van der Waals surface area contributed by atoms with E-state index in [0.717, 1.165) is 12.3 Å². The summed E-state index contributed by atoms with van der Waals surface area (Å²) in [5, 5.41) is 1.65. The lowest BCUT2D eigenvalue weighted by Crippen LogP contribution is -2.37. The zero-order valence-electron chi connectivity index (χ0n) is 10.8. The molecule has 0 spiro atoms. The third-order valence-corrected chi connectivity index (χ3v) is 3.62. The first-order valence-electron chi connectivity index (χ1n) is 5.37. The molecule has 0 bridgehead atoms. The summed E-state index contributed by atoms with van der Waals surface area (Å²) in [6, 6.07) is 2.39. The van der Waals surface area contributed by atoms with Crippen LogP contribution in [0.25, 0.3) is 0 Å². The van der Waals surface area contributed by atoms with E-state index in [2.05, 4.69) is 4.74 Å². The zero-order chi connectivity index (χ0) is 16.2. The SMILES string of the molecule is CS(=O)(=O)c1ccc(Cl)c(C(=O)OCC(=O)NC(N)=O)c1. The molecule has 1 aromatic carbocycles. The molecule has 1 rings (SSSR count). The van der Waals surface area contributed by atoms with Crippen LogP contribution in [-0.2, 0) is 19.4 Å². The van der Waals surface area contributed by atoms with Gasteiger partial charge in [-0.2, -0.15) is 0 Å². The molecule has 0 aliphatic heterocycles. The molecule has 0 unspecified atom stereocenters. The Hall–Kier alpha value is -2.13. The predicted octanol–water partition coefficient (Wildman–Crippen LogP) is 0.0952. The number of ether oxygens (including phenoxy) is 1. The lowest BCUT2D eigenvalue weighted by molar-refractivity contribution is -0.123. The summed E-state index contributed by atoms with van der Waals surface area (Å²) >= 11 is 5.77. The van der Waals surface area contributed by atoms with Crippen LogP contribution in [-0.4, -0.2) is 39.2 Å². The molecular formula is C11H11ClN2O6S. The molecule has 0 aromatic heterocycles. The van der Waals surface area contributed by atoms with Gasteiger partial charge in [0.05, 0.1) is 15.5 Å². The Morgan fingerprint density at radius 3 is 2.48 bits per heavy atom. The Bertz CT molecular complexity index is 701. The predicted molar refractivity (Wildman–Crippen MR) is 72.6 cm³/mol. The number of nitrogens with two attached hydrogens (primary N) is 1. The molecule has 3 N–H and O–H groups in total. The van der Waals surface area contributed by atoms with Gasteiger partial charge in [0.15, 0.2) is 16.4 Å². The van der Waals surface area contributed by atoms with E-state index >= 15 is 0 Å². The van der Waals surface area contributed by atoms with Gasteiger partial charge in [-0.15, -0.1) is 0 Å². The van der Waals surface area contributed by atoms with E-state index in [-0.39, 0.29) is 15.5 Å². The van der Waals surface area contributed by atoms with Crippen LogP contribution in [0.3, 0.4) is 0 Å². The van der Waals surface area contributed by atoms with E-state index < -0.39 is 34.4 Å². The Labute approximate surface area is 125 Å². The Balaban J connectivity index is 2.88. The number of amides is 3. The highest BCUT2D eigenvalue weighted by Crippen LogP contribution is 2.21. The molecule has 1 aromatic rings. The van der Waals surface area contributed by atoms with E-state index in [0.29, 0.717) is 0 Å². The number of hydrogen-bond donors (Lipinski definition) is 2. The summed E-state index contributed by atoms with van der Waals surface area (Å²) in [5.74, 6) is -1.93. The van der Waals surface area contributed by atoms with E-state index in [1.54, 1.807) is 5.32 Å². The second kappa shape index (κ2) is 6.55. The van der Waals surface area contributed by atoms with Gasteiger partial charge >= 0.3 is 12.0 Å². The van der Waals surface area contributed by atoms with Gasteiger partial charge < -0.3 is 10.5 Å². The number of sulfone groups is 1. The van der Waals surface area contributed by atoms with Crippen molar-refractivity contribution >= 4 is 39.3 Å². The number of carbonyl (C=O) groups is 3. The summed E-state index contributed by atoms with van der Waals surface area (Å²) < 4.78 is 27.4. The molecule has 0 aliphatic carbocycles. The largest absolute Gasteiger partial charge is 0.452 e. The number of carbonyl (C=O) groups excluding carboxylic acids is 3. The van der Waals surface area contributed by atoms with Crippen LogP contribution in [0.15, 0.2) is 23.1 Å². The number of benzene rings is 1. The van der Waals surface area contributed by atoms with E-state index in [1.165, 1.54) is 12.1 Å². The Morgan fingerprint density at radius 1 is 1.33 bits per heavy atom. The molecule has 3 amide bonds. The number of halogens is 1. The third kappa shape index (κ3) is 5.04. The summed E-state index contributed by atoms with van der Waals surface area (Å²) in [6.45, 7) is -0.763. The van der Waals surface area contributed by atoms with Crippen LogP contribution in [0.1, 0.15) is 10.4 Å². The van der Waals surface area contributed by atoms with Crippen molar-refractivity contribution < 1.29 is 27.5 Å². The maximum absolute atomic E-state index is 11.7. The standard InChI is InChI=1S/C11H11ClN2O6S/c1-21(18,19)6-2-3-8(12)7(4-6)10(16)20-5-9(15)14-11(13)17/h2-4H,5H2,1H3,(H3,13,14,15,17). The molecule has 0 radical (unpaired) electrons. The number of urea groups is 1. The number of rotatable bonds is 4. The van der Waals surface area contributed by atoms with Crippen molar-refractivity contribution in [3.05, 3.63) is 28.8 Å². The van der Waals surface area contributed by atoms with Crippen LogP contribution in [0.2, 0.25) is 5.02 Å². The number of nitrogens with one attached hydrogen (secondary N) is 1. The summed E-state index contributed by atoms with van der Waals surface area (Å²) in [6.07, 6.45) is 0.964. The van der Waals surface area contributed by atoms with Crippen LogP contribution >= 0.6 is 11.6 Å². The minimum atomic E-state index is -3.53. The molecule has 0 saturated carbocycles. The monoisotopic (exact) mass is 334 g/mol. The van der Waals surface area contributed by atoms with Gasteiger partial charge in [0.2, 0.25) is 0 Å². The molecule has 0 saturated heterocycles. The summed E-state index contributed by atoms with van der Waals surface area (Å²) in [4.78, 5) is 33.1. The van der Waals surface area contributed by atoms with E-state index in [9.17, 15) is 22.8 Å². The number of hydrogen-bond acceptors (Lipinski definition) is 6. The van der Waals surface area contributed by atoms with Crippen LogP contribution in [0.4, 0.5) is 4.79 Å². The maximum atomic E-state index is 11.7. The average molecular weight is 335 g/mol. The smallest absolute Gasteiger partial charge is 0.340 e. The molecule has 0 fully saturated rings. The van der Waals surface area contributed by atoms with Gasteiger partial charge in [-0.3, -0.25) is 10.1 Å². The van der Waals surface area contributed by atoms with Crippen molar-refractivity contribution in [2.75, 3.05) is 12.9 Å². The van der Waals surface area contributed by atoms with Crippen molar-refractivity contribution in [2.24, 2.45) is 5.73 Å². The molecular weight excluding hydrogens is 324 g/mol. The van der Waals surface area contributed by atoms with Gasteiger partial charge in [-0.25, -0.2) is 18.0 Å². The van der Waals surface area contributed by atoms with Gasteiger partial charge in [0, 0.05) is 6.26 Å². The second-order valence-corrected chi connectivity index (χ2v) is 6.33. The fraction of sp³-hybridized carbons (Fsp3) is 0.182. The van der Waals surface area contributed by atoms with Gasteiger partial charge in [-0.05, 0) is 18.2 Å². The zero-order valence-corrected chi connectivity index (χ0v) is 12.3. The topological polar surface area (TPSA) is 133 Å². The van der Waals surface area contributed by atoms with E-state index in [4.69, 9.17) is 17.3 Å². The van der Waals surface area contributed by atoms with Crippen LogP contribution in [0, 0.1) is 0 Å². The van der Waals surface area contributed by atoms with Crippen molar-refractivity contribution in [1.29, 1.82) is 0 Å². The quantitative estimate of drug-likeness (QED) is 0.750. The fourth-order valence-corrected chi connectivity index (χ4v) is 2.12. The van der Waals surface area contributed by atoms with Gasteiger partial charge in [0.1, 0.15) is 0 Å². The highest BCUT2D eigenvalue weighted by Gasteiger charge is 2.17. The Kier molecular flexibility index (Phi) is 5.28. The lowest BCUT2D eigenvalue weighted by atomic mass is 10.2.